The van der Waals surface area contributed by atoms with Crippen molar-refractivity contribution < 1.29 is 24.0 Å². The zero-order valence-corrected chi connectivity index (χ0v) is 33.0. The molecule has 1 saturated heterocycles. The Balaban J connectivity index is 0.000000223. The van der Waals surface area contributed by atoms with Gasteiger partial charge < -0.3 is 26.6 Å². The molecule has 0 aromatic carbocycles. The number of ketones is 1. The molecule has 0 unspecified atom stereocenters. The van der Waals surface area contributed by atoms with Gasteiger partial charge in [0.05, 0.1) is 28.1 Å². The number of rotatable bonds is 9. The van der Waals surface area contributed by atoms with E-state index in [1.54, 1.807) is 18.3 Å². The van der Waals surface area contributed by atoms with Crippen LogP contribution in [0, 0.1) is 11.3 Å². The Hall–Kier alpha value is -6.08. The van der Waals surface area contributed by atoms with E-state index in [9.17, 15) is 24.0 Å². The number of carbonyl (C=O) groups is 5. The van der Waals surface area contributed by atoms with Crippen molar-refractivity contribution >= 4 is 63.5 Å². The maximum absolute atomic E-state index is 13.2. The van der Waals surface area contributed by atoms with Crippen LogP contribution in [0.4, 0.5) is 16.2 Å². The molecular weight excluding hydrogens is 750 g/mol. The number of pyridine rings is 3. The summed E-state index contributed by atoms with van der Waals surface area (Å²) in [4.78, 5) is 73.5. The number of carbonyl (C=O) groups excluding carboxylic acids is 5. The van der Waals surface area contributed by atoms with Gasteiger partial charge in [0, 0.05) is 73.2 Å². The van der Waals surface area contributed by atoms with E-state index in [-0.39, 0.29) is 47.7 Å². The number of hydrogen-bond donors (Lipinski definition) is 6. The van der Waals surface area contributed by atoms with Crippen molar-refractivity contribution in [3.63, 3.8) is 0 Å². The summed E-state index contributed by atoms with van der Waals surface area (Å²) in [6, 6.07) is 8.91. The smallest absolute Gasteiger partial charge is 0.322 e. The summed E-state index contributed by atoms with van der Waals surface area (Å²) in [5.74, 6) is 0.130. The van der Waals surface area contributed by atoms with Crippen molar-refractivity contribution in [3.05, 3.63) is 70.9 Å². The molecule has 5 heterocycles. The van der Waals surface area contributed by atoms with Crippen molar-refractivity contribution in [2.75, 3.05) is 10.6 Å². The minimum absolute atomic E-state index is 0.0535. The number of amides is 5. The lowest BCUT2D eigenvalue weighted by Gasteiger charge is -2.34. The van der Waals surface area contributed by atoms with Crippen LogP contribution in [0.25, 0.3) is 16.9 Å². The van der Waals surface area contributed by atoms with Crippen molar-refractivity contribution in [3.8, 4) is 11.9 Å². The number of nitriles is 1. The van der Waals surface area contributed by atoms with Crippen LogP contribution < -0.4 is 31.9 Å². The summed E-state index contributed by atoms with van der Waals surface area (Å²) in [5.41, 5.74) is 2.47. The summed E-state index contributed by atoms with van der Waals surface area (Å²) in [6.45, 7) is 7.95. The highest BCUT2D eigenvalue weighted by Crippen LogP contribution is 2.32. The van der Waals surface area contributed by atoms with E-state index in [0.717, 1.165) is 5.39 Å². The number of Topliss-reactive ketones (excluding diaryl/α,β-unsaturated/α-hetero) is 1. The summed E-state index contributed by atoms with van der Waals surface area (Å²) in [5, 5.41) is 27.9. The normalized spacial score (nSPS) is 19.4. The van der Waals surface area contributed by atoms with E-state index in [0.29, 0.717) is 96.0 Å². The van der Waals surface area contributed by atoms with E-state index in [2.05, 4.69) is 52.9 Å². The highest BCUT2D eigenvalue weighted by Gasteiger charge is 2.48. The van der Waals surface area contributed by atoms with Gasteiger partial charge in [0.15, 0.2) is 0 Å². The molecule has 0 atom stereocenters. The molecule has 298 valence electrons. The average molecular weight is 796 g/mol. The fourth-order valence-electron chi connectivity index (χ4n) is 7.24. The summed E-state index contributed by atoms with van der Waals surface area (Å²) in [6.07, 6.45) is 10.9. The Morgan fingerprint density at radius 1 is 0.860 bits per heavy atom. The molecular formula is C40H46ClN11O5. The van der Waals surface area contributed by atoms with Crippen molar-refractivity contribution in [2.45, 2.75) is 109 Å². The molecule has 5 amide bonds. The number of fused-ring (bicyclic) bond motifs is 1. The van der Waals surface area contributed by atoms with Crippen molar-refractivity contribution in [2.24, 2.45) is 0 Å². The lowest BCUT2D eigenvalue weighted by molar-refractivity contribution is -0.125. The Morgan fingerprint density at radius 3 is 2.04 bits per heavy atom. The minimum Gasteiger partial charge on any atom is -0.382 e. The maximum Gasteiger partial charge on any atom is 0.322 e. The van der Waals surface area contributed by atoms with Crippen LogP contribution >= 0.6 is 11.6 Å². The molecule has 3 fully saturated rings. The number of urea groups is 1. The molecule has 0 radical (unpaired) electrons. The quantitative estimate of drug-likeness (QED) is 0.0959. The number of hydrogen-bond acceptors (Lipinski definition) is 11. The number of nitrogens with one attached hydrogen (secondary N) is 6. The Kier molecular flexibility index (Phi) is 12.4. The first-order chi connectivity index (χ1) is 27.2. The Morgan fingerprint density at radius 2 is 1.46 bits per heavy atom. The third-order valence-electron chi connectivity index (χ3n) is 10.1. The molecule has 4 aromatic heterocycles. The van der Waals surface area contributed by atoms with Gasteiger partial charge in [-0.3, -0.25) is 29.1 Å². The van der Waals surface area contributed by atoms with Gasteiger partial charge in [-0.25, -0.2) is 19.7 Å². The fraction of sp³-hybridized carbons (Fsp3) is 0.425. The largest absolute Gasteiger partial charge is 0.382 e. The number of nitrogens with zero attached hydrogens (tertiary/aromatic N) is 5. The number of imide groups is 1. The van der Waals surface area contributed by atoms with Crippen molar-refractivity contribution in [1.29, 1.82) is 5.26 Å². The number of anilines is 2. The molecule has 57 heavy (non-hydrogen) atoms. The molecule has 4 aromatic rings. The standard InChI is InChI=1S/C25H26N8O3.C15H20ClN3O2/c1-14(2)29-19-10-20(33-8-5-16-9-15(11-26)12-28-21(16)33)27-13-18(19)22(34)30-17-3-6-25(7-4-17)23(35)31-24(36)32-25;1-9(2)18-13-7-14(16)17-8-12(13)15(21)19-10-3-5-11(20)6-4-10/h5,8-10,12-14,17H,3-4,6-7H2,1-2H3,(H,27,29)(H,30,34)(H2,31,32,35,36);7-10H,3-6H2,1-2H3,(H,17,18)(H,19,21). The molecule has 0 bridgehead atoms. The highest BCUT2D eigenvalue weighted by atomic mass is 35.5. The van der Waals surface area contributed by atoms with Gasteiger partial charge in [-0.2, -0.15) is 5.26 Å². The SMILES string of the molecule is CC(C)Nc1cc(-n2ccc3cc(C#N)cnc32)ncc1C(=O)NC1CCC2(CC1)NC(=O)NC2=O.CC(C)Nc1cc(Cl)ncc1C(=O)NC1CCC(=O)CC1. The van der Waals surface area contributed by atoms with Crippen LogP contribution in [0.15, 0.2) is 49.1 Å². The first-order valence-electron chi connectivity index (χ1n) is 19.1. The molecule has 6 N–H and O–H groups in total. The summed E-state index contributed by atoms with van der Waals surface area (Å²) < 4.78 is 1.81. The summed E-state index contributed by atoms with van der Waals surface area (Å²) >= 11 is 5.89. The monoisotopic (exact) mass is 795 g/mol. The van der Waals surface area contributed by atoms with Gasteiger partial charge in [0.2, 0.25) is 0 Å². The first-order valence-corrected chi connectivity index (χ1v) is 19.4. The van der Waals surface area contributed by atoms with E-state index >= 15 is 0 Å². The molecule has 1 spiro atoms. The maximum atomic E-state index is 13.2. The average Bonchev–Trinajstić information content (AvgIpc) is 3.71. The third kappa shape index (κ3) is 9.66. The number of halogens is 1. The topological polar surface area (TPSA) is 225 Å². The second kappa shape index (κ2) is 17.4. The Bertz CT molecular complexity index is 2230. The lowest BCUT2D eigenvalue weighted by atomic mass is 9.79. The zero-order chi connectivity index (χ0) is 40.9. The number of aromatic nitrogens is 4. The van der Waals surface area contributed by atoms with Crippen LogP contribution in [0.1, 0.15) is 105 Å². The van der Waals surface area contributed by atoms with E-state index in [4.69, 9.17) is 16.9 Å². The van der Waals surface area contributed by atoms with Gasteiger partial charge in [0.1, 0.15) is 34.0 Å². The van der Waals surface area contributed by atoms with Gasteiger partial charge in [-0.05, 0) is 84.4 Å². The molecule has 7 rings (SSSR count). The second-order valence-corrected chi connectivity index (χ2v) is 15.6. The van der Waals surface area contributed by atoms with Gasteiger partial charge in [-0.15, -0.1) is 0 Å². The predicted octanol–water partition coefficient (Wildman–Crippen LogP) is 5.16. The van der Waals surface area contributed by atoms with Crippen LogP contribution in [0.3, 0.4) is 0 Å². The second-order valence-electron chi connectivity index (χ2n) is 15.2. The van der Waals surface area contributed by atoms with Gasteiger partial charge >= 0.3 is 6.03 Å². The van der Waals surface area contributed by atoms with Crippen LogP contribution in [-0.4, -0.2) is 78.8 Å². The molecule has 1 aliphatic heterocycles. The predicted molar refractivity (Wildman–Crippen MR) is 214 cm³/mol. The highest BCUT2D eigenvalue weighted by molar-refractivity contribution is 6.29. The fourth-order valence-corrected chi connectivity index (χ4v) is 7.40. The van der Waals surface area contributed by atoms with Gasteiger partial charge in [0.25, 0.3) is 17.7 Å². The molecule has 2 aliphatic carbocycles. The van der Waals surface area contributed by atoms with E-state index in [1.165, 1.54) is 12.4 Å². The minimum atomic E-state index is -0.868. The van der Waals surface area contributed by atoms with E-state index in [1.807, 2.05) is 50.6 Å². The first kappa shape index (κ1) is 40.6. The summed E-state index contributed by atoms with van der Waals surface area (Å²) in [7, 11) is 0. The lowest BCUT2D eigenvalue weighted by Crippen LogP contribution is -2.52. The molecule has 17 heteroatoms. The van der Waals surface area contributed by atoms with Crippen molar-refractivity contribution in [1.82, 2.24) is 40.8 Å². The van der Waals surface area contributed by atoms with Crippen LogP contribution in [0.5, 0.6) is 0 Å². The third-order valence-corrected chi connectivity index (χ3v) is 10.3. The van der Waals surface area contributed by atoms with Crippen LogP contribution in [-0.2, 0) is 9.59 Å². The van der Waals surface area contributed by atoms with Gasteiger partial charge in [-0.1, -0.05) is 11.6 Å². The van der Waals surface area contributed by atoms with Crippen LogP contribution in [0.2, 0.25) is 5.15 Å². The van der Waals surface area contributed by atoms with E-state index < -0.39 is 11.6 Å². The zero-order valence-electron chi connectivity index (χ0n) is 32.2. The Labute approximate surface area is 334 Å². The molecule has 2 saturated carbocycles. The molecule has 16 nitrogen and oxygen atoms in total. The molecule has 3 aliphatic rings.